The van der Waals surface area contributed by atoms with Gasteiger partial charge in [0.2, 0.25) is 0 Å². The molecule has 0 radical (unpaired) electrons. The van der Waals surface area contributed by atoms with Gasteiger partial charge in [-0.2, -0.15) is 0 Å². The van der Waals surface area contributed by atoms with E-state index in [-0.39, 0.29) is 0 Å². The van der Waals surface area contributed by atoms with E-state index in [1.165, 1.54) is 115 Å². The molecule has 1 aromatic heterocycles. The molecule has 0 N–H and O–H groups in total. The maximum Gasteiger partial charge on any atom is 0.0619 e. The molecule has 0 spiro atoms. The van der Waals surface area contributed by atoms with Crippen LogP contribution in [0.2, 0.25) is 0 Å². The standard InChI is InChI=1S/C56H35N/c1-3-17-36(18-4-1)39-31-33-45-49(35-39)52(38-20-5-2-6-21-38)41-23-9-10-24-42(41)54(45)55-43-25-11-13-27-46(43)56(47-28-14-12-26-44(47)55)57-50-30-16-15-29-48(50)53-40-22-8-7-19-37(40)32-34-51(53)57/h1-35H. The first-order valence-corrected chi connectivity index (χ1v) is 19.8. The minimum absolute atomic E-state index is 1.21. The number of para-hydroxylation sites is 1. The van der Waals surface area contributed by atoms with Crippen molar-refractivity contribution in [2.45, 2.75) is 0 Å². The Kier molecular flexibility index (Phi) is 7.00. The van der Waals surface area contributed by atoms with Crippen LogP contribution in [0.5, 0.6) is 0 Å². The third-order valence-electron chi connectivity index (χ3n) is 12.1. The van der Waals surface area contributed by atoms with Crippen LogP contribution >= 0.6 is 0 Å². The number of hydrogen-bond donors (Lipinski definition) is 0. The summed E-state index contributed by atoms with van der Waals surface area (Å²) >= 11 is 0. The fourth-order valence-corrected chi connectivity index (χ4v) is 9.77. The molecular weight excluding hydrogens is 687 g/mol. The largest absolute Gasteiger partial charge is 0.308 e. The van der Waals surface area contributed by atoms with Crippen molar-refractivity contribution in [3.63, 3.8) is 0 Å². The smallest absolute Gasteiger partial charge is 0.0619 e. The zero-order valence-electron chi connectivity index (χ0n) is 31.2. The molecule has 11 aromatic carbocycles. The zero-order chi connectivity index (χ0) is 37.5. The maximum absolute atomic E-state index is 2.53. The van der Waals surface area contributed by atoms with Crippen molar-refractivity contribution < 1.29 is 0 Å². The third-order valence-corrected chi connectivity index (χ3v) is 12.1. The van der Waals surface area contributed by atoms with Gasteiger partial charge in [-0.3, -0.25) is 0 Å². The normalized spacial score (nSPS) is 11.9. The Balaban J connectivity index is 1.26. The minimum Gasteiger partial charge on any atom is -0.308 e. The lowest BCUT2D eigenvalue weighted by Crippen LogP contribution is -2.00. The fraction of sp³-hybridized carbons (Fsp3) is 0. The van der Waals surface area contributed by atoms with Crippen LogP contribution in [-0.4, -0.2) is 4.57 Å². The summed E-state index contributed by atoms with van der Waals surface area (Å²) in [5.74, 6) is 0. The van der Waals surface area contributed by atoms with Gasteiger partial charge in [-0.15, -0.1) is 0 Å². The number of benzene rings is 11. The van der Waals surface area contributed by atoms with Crippen LogP contribution in [0, 0.1) is 0 Å². The van der Waals surface area contributed by atoms with Gasteiger partial charge in [-0.25, -0.2) is 0 Å². The van der Waals surface area contributed by atoms with Crippen molar-refractivity contribution in [3.8, 4) is 39.1 Å². The summed E-state index contributed by atoms with van der Waals surface area (Å²) in [6.07, 6.45) is 0. The molecule has 264 valence electrons. The van der Waals surface area contributed by atoms with Gasteiger partial charge >= 0.3 is 0 Å². The van der Waals surface area contributed by atoms with Gasteiger partial charge in [-0.05, 0) is 94.7 Å². The van der Waals surface area contributed by atoms with Gasteiger partial charge < -0.3 is 4.57 Å². The highest BCUT2D eigenvalue weighted by Gasteiger charge is 2.24. The Morgan fingerprint density at radius 3 is 1.37 bits per heavy atom. The second-order valence-corrected chi connectivity index (χ2v) is 15.1. The molecule has 0 aliphatic heterocycles. The topological polar surface area (TPSA) is 4.93 Å². The van der Waals surface area contributed by atoms with Gasteiger partial charge in [0.25, 0.3) is 0 Å². The zero-order valence-corrected chi connectivity index (χ0v) is 31.2. The number of hydrogen-bond acceptors (Lipinski definition) is 0. The van der Waals surface area contributed by atoms with Gasteiger partial charge in [0, 0.05) is 21.5 Å². The number of aromatic nitrogens is 1. The maximum atomic E-state index is 2.53. The first-order valence-electron chi connectivity index (χ1n) is 19.8. The SMILES string of the molecule is c1ccc(-c2ccc3c(-c4c5ccccc5c(-n5c6ccccc6c6c7ccccc7ccc65)c5ccccc45)c4ccccc4c(-c4ccccc4)c3c2)cc1. The van der Waals surface area contributed by atoms with E-state index in [9.17, 15) is 0 Å². The van der Waals surface area contributed by atoms with Crippen molar-refractivity contribution in [1.82, 2.24) is 4.57 Å². The third kappa shape index (κ3) is 4.70. The molecule has 1 heteroatoms. The molecule has 1 nitrogen and oxygen atoms in total. The van der Waals surface area contributed by atoms with E-state index in [0.29, 0.717) is 0 Å². The molecule has 12 aromatic rings. The molecule has 1 heterocycles. The van der Waals surface area contributed by atoms with E-state index < -0.39 is 0 Å². The summed E-state index contributed by atoms with van der Waals surface area (Å²) in [6, 6.07) is 78.3. The molecule has 0 fully saturated rings. The fourth-order valence-electron chi connectivity index (χ4n) is 9.77. The minimum atomic E-state index is 1.21. The van der Waals surface area contributed by atoms with E-state index in [0.717, 1.165) is 0 Å². The molecular formula is C56H35N. The highest BCUT2D eigenvalue weighted by atomic mass is 15.0. The lowest BCUT2D eigenvalue weighted by molar-refractivity contribution is 1.21. The molecule has 0 bridgehead atoms. The summed E-state index contributed by atoms with van der Waals surface area (Å²) in [4.78, 5) is 0. The Morgan fingerprint density at radius 2 is 0.719 bits per heavy atom. The van der Waals surface area contributed by atoms with Crippen LogP contribution in [0.4, 0.5) is 0 Å². The molecule has 57 heavy (non-hydrogen) atoms. The number of nitrogens with zero attached hydrogens (tertiary/aromatic N) is 1. The van der Waals surface area contributed by atoms with E-state index in [2.05, 4.69) is 217 Å². The van der Waals surface area contributed by atoms with Crippen molar-refractivity contribution in [1.29, 1.82) is 0 Å². The van der Waals surface area contributed by atoms with Crippen LogP contribution in [-0.2, 0) is 0 Å². The predicted molar refractivity (Wildman–Crippen MR) is 245 cm³/mol. The van der Waals surface area contributed by atoms with Crippen LogP contribution in [0.1, 0.15) is 0 Å². The summed E-state index contributed by atoms with van der Waals surface area (Å²) in [7, 11) is 0. The van der Waals surface area contributed by atoms with Crippen molar-refractivity contribution in [3.05, 3.63) is 212 Å². The molecule has 0 aliphatic carbocycles. The predicted octanol–water partition coefficient (Wildman–Crippen LogP) is 15.6. The number of fused-ring (bicyclic) bond motifs is 9. The van der Waals surface area contributed by atoms with E-state index >= 15 is 0 Å². The second-order valence-electron chi connectivity index (χ2n) is 15.1. The Hall–Kier alpha value is -7.48. The highest BCUT2D eigenvalue weighted by molar-refractivity contribution is 6.30. The van der Waals surface area contributed by atoms with Crippen molar-refractivity contribution >= 4 is 75.7 Å². The van der Waals surface area contributed by atoms with E-state index in [1.807, 2.05) is 0 Å². The monoisotopic (exact) mass is 721 g/mol. The number of rotatable bonds is 4. The van der Waals surface area contributed by atoms with Gasteiger partial charge in [0.05, 0.1) is 16.7 Å². The summed E-state index contributed by atoms with van der Waals surface area (Å²) in [6.45, 7) is 0. The van der Waals surface area contributed by atoms with Crippen LogP contribution < -0.4 is 0 Å². The average molecular weight is 722 g/mol. The van der Waals surface area contributed by atoms with Gasteiger partial charge in [0.1, 0.15) is 0 Å². The van der Waals surface area contributed by atoms with Crippen molar-refractivity contribution in [2.24, 2.45) is 0 Å². The first-order chi connectivity index (χ1) is 28.3. The lowest BCUT2D eigenvalue weighted by Gasteiger charge is -2.23. The van der Waals surface area contributed by atoms with Crippen LogP contribution in [0.15, 0.2) is 212 Å². The quantitative estimate of drug-likeness (QED) is 0.160. The molecule has 0 atom stereocenters. The summed E-state index contributed by atoms with van der Waals surface area (Å²) < 4.78 is 2.53. The molecule has 0 unspecified atom stereocenters. The van der Waals surface area contributed by atoms with Crippen molar-refractivity contribution in [2.75, 3.05) is 0 Å². The molecule has 12 rings (SSSR count). The average Bonchev–Trinajstić information content (AvgIpc) is 3.62. The highest BCUT2D eigenvalue weighted by Crippen LogP contribution is 2.50. The lowest BCUT2D eigenvalue weighted by atomic mass is 9.82. The Morgan fingerprint density at radius 1 is 0.246 bits per heavy atom. The molecule has 0 aliphatic rings. The van der Waals surface area contributed by atoms with E-state index in [4.69, 9.17) is 0 Å². The van der Waals surface area contributed by atoms with Gasteiger partial charge in [0.15, 0.2) is 0 Å². The summed E-state index contributed by atoms with van der Waals surface area (Å²) in [5.41, 5.74) is 11.1. The second kappa shape index (κ2) is 12.5. The molecule has 0 saturated heterocycles. The van der Waals surface area contributed by atoms with Crippen LogP contribution in [0.25, 0.3) is 115 Å². The van der Waals surface area contributed by atoms with Gasteiger partial charge in [-0.1, -0.05) is 194 Å². The summed E-state index contributed by atoms with van der Waals surface area (Å²) in [5, 5.41) is 15.0. The first kappa shape index (κ1) is 31.8. The van der Waals surface area contributed by atoms with E-state index in [1.54, 1.807) is 0 Å². The Labute approximate surface area is 330 Å². The van der Waals surface area contributed by atoms with Crippen LogP contribution in [0.3, 0.4) is 0 Å². The molecule has 0 amide bonds. The Bertz CT molecular complexity index is 3500. The molecule has 0 saturated carbocycles.